The van der Waals surface area contributed by atoms with Crippen LogP contribution in [0.1, 0.15) is 129 Å². The predicted octanol–water partition coefficient (Wildman–Crippen LogP) is 11.7. The Hall–Kier alpha value is -2.32. The van der Waals surface area contributed by atoms with Crippen molar-refractivity contribution >= 4 is 13.8 Å². The molecule has 0 radical (unpaired) electrons. The fraction of sp³-hybridized carbons (Fsp3) is 0.659. The number of rotatable bonds is 36. The first-order chi connectivity index (χ1) is 25.6. The average molecular weight is 763 g/mol. The molecule has 0 bridgehead atoms. The third kappa shape index (κ3) is 40.7. The first kappa shape index (κ1) is 50.7. The number of esters is 1. The summed E-state index contributed by atoms with van der Waals surface area (Å²) in [7, 11) is 1.61. The molecule has 0 aromatic heterocycles. The van der Waals surface area contributed by atoms with Crippen molar-refractivity contribution in [2.45, 2.75) is 136 Å². The van der Waals surface area contributed by atoms with E-state index in [9.17, 15) is 14.3 Å². The number of quaternary nitrogens is 1. The van der Waals surface area contributed by atoms with Gasteiger partial charge < -0.3 is 18.9 Å². The Morgan fingerprint density at radius 3 is 1.57 bits per heavy atom. The van der Waals surface area contributed by atoms with E-state index in [1.54, 1.807) is 0 Å². The van der Waals surface area contributed by atoms with Gasteiger partial charge in [-0.3, -0.25) is 13.8 Å². The van der Waals surface area contributed by atoms with Crippen LogP contribution in [0.15, 0.2) is 85.1 Å². The van der Waals surface area contributed by atoms with Gasteiger partial charge in [-0.05, 0) is 64.2 Å². The second-order valence-electron chi connectivity index (χ2n) is 14.3. The molecule has 9 heteroatoms. The lowest BCUT2D eigenvalue weighted by molar-refractivity contribution is -0.870. The van der Waals surface area contributed by atoms with E-state index in [4.69, 9.17) is 18.5 Å². The Morgan fingerprint density at radius 2 is 1.08 bits per heavy atom. The van der Waals surface area contributed by atoms with Crippen molar-refractivity contribution in [3.63, 3.8) is 0 Å². The van der Waals surface area contributed by atoms with Crippen LogP contribution < -0.4 is 0 Å². The van der Waals surface area contributed by atoms with Gasteiger partial charge in [0.25, 0.3) is 0 Å². The topological polar surface area (TPSA) is 91.3 Å². The zero-order valence-electron chi connectivity index (χ0n) is 34.2. The van der Waals surface area contributed by atoms with Crippen molar-refractivity contribution in [3.8, 4) is 0 Å². The highest BCUT2D eigenvalue weighted by Crippen LogP contribution is 2.43. The van der Waals surface area contributed by atoms with E-state index in [0.717, 1.165) is 64.2 Å². The number of nitrogens with zero attached hydrogens (tertiary/aromatic N) is 1. The van der Waals surface area contributed by atoms with Gasteiger partial charge >= 0.3 is 13.8 Å². The maximum absolute atomic E-state index is 12.6. The molecule has 0 aliphatic carbocycles. The van der Waals surface area contributed by atoms with Gasteiger partial charge in [0, 0.05) is 13.0 Å². The molecule has 0 aromatic carbocycles. The summed E-state index contributed by atoms with van der Waals surface area (Å²) in [5.74, 6) is -0.377. The van der Waals surface area contributed by atoms with E-state index in [1.165, 1.54) is 38.5 Å². The van der Waals surface area contributed by atoms with Crippen LogP contribution in [0, 0.1) is 0 Å². The highest BCUT2D eigenvalue weighted by atomic mass is 31.2. The Labute approximate surface area is 325 Å². The number of phosphoric acid groups is 1. The molecule has 53 heavy (non-hydrogen) atoms. The molecule has 0 aromatic rings. The summed E-state index contributed by atoms with van der Waals surface area (Å²) in [5, 5.41) is 0. The van der Waals surface area contributed by atoms with Crippen LogP contribution >= 0.6 is 7.82 Å². The predicted molar refractivity (Wildman–Crippen MR) is 224 cm³/mol. The molecule has 8 nitrogen and oxygen atoms in total. The lowest BCUT2D eigenvalue weighted by atomic mass is 10.1. The number of phosphoric ester groups is 1. The van der Waals surface area contributed by atoms with Crippen LogP contribution in [0.25, 0.3) is 0 Å². The quantitative estimate of drug-likeness (QED) is 0.0223. The molecule has 2 unspecified atom stereocenters. The van der Waals surface area contributed by atoms with Crippen molar-refractivity contribution in [2.24, 2.45) is 0 Å². The third-order valence-electron chi connectivity index (χ3n) is 7.97. The van der Waals surface area contributed by atoms with Gasteiger partial charge in [0.15, 0.2) is 0 Å². The fourth-order valence-electron chi connectivity index (χ4n) is 4.83. The van der Waals surface area contributed by atoms with Gasteiger partial charge in [-0.15, -0.1) is 0 Å². The molecule has 0 fully saturated rings. The van der Waals surface area contributed by atoms with Gasteiger partial charge in [0.05, 0.1) is 34.4 Å². The highest BCUT2D eigenvalue weighted by Gasteiger charge is 2.26. The van der Waals surface area contributed by atoms with E-state index in [-0.39, 0.29) is 32.2 Å². The van der Waals surface area contributed by atoms with Gasteiger partial charge in [0.1, 0.15) is 19.3 Å². The average Bonchev–Trinajstić information content (AvgIpc) is 3.11. The van der Waals surface area contributed by atoms with Crippen LogP contribution in [0.3, 0.4) is 0 Å². The van der Waals surface area contributed by atoms with Crippen LogP contribution in [-0.2, 0) is 27.9 Å². The number of allylic oxidation sites excluding steroid dienone is 14. The number of hydrogen-bond acceptors (Lipinski definition) is 6. The Kier molecular flexibility index (Phi) is 35.0. The molecule has 0 aliphatic rings. The third-order valence-corrected chi connectivity index (χ3v) is 8.96. The number of hydrogen-bond donors (Lipinski definition) is 1. The van der Waals surface area contributed by atoms with Crippen LogP contribution in [-0.4, -0.2) is 75.6 Å². The second kappa shape index (κ2) is 36.6. The summed E-state index contributed by atoms with van der Waals surface area (Å²) < 4.78 is 34.7. The second-order valence-corrected chi connectivity index (χ2v) is 15.7. The van der Waals surface area contributed by atoms with Crippen molar-refractivity contribution in [1.29, 1.82) is 0 Å². The van der Waals surface area contributed by atoms with Crippen molar-refractivity contribution < 1.29 is 37.3 Å². The van der Waals surface area contributed by atoms with E-state index < -0.39 is 13.9 Å². The SMILES string of the molecule is CC/C=C\C/C=C\C/C=C\C/C=C\C/C=C\C/C=C\C/C=C\CCCC(=O)OC(COCCCCCCCCCC)COP(=O)(O)OCC[N+](C)(C)C. The molecule has 304 valence electrons. The normalized spacial score (nSPS) is 14.8. The number of carbonyl (C=O) groups is 1. The first-order valence-corrected chi connectivity index (χ1v) is 21.8. The summed E-state index contributed by atoms with van der Waals surface area (Å²) >= 11 is 0. The summed E-state index contributed by atoms with van der Waals surface area (Å²) in [5.41, 5.74) is 0. The number of unbranched alkanes of at least 4 members (excludes halogenated alkanes) is 8. The summed E-state index contributed by atoms with van der Waals surface area (Å²) in [6.45, 7) is 5.37. The molecule has 2 atom stereocenters. The Morgan fingerprint density at radius 1 is 0.604 bits per heavy atom. The monoisotopic (exact) mass is 763 g/mol. The molecule has 0 saturated carbocycles. The lowest BCUT2D eigenvalue weighted by Crippen LogP contribution is -2.37. The number of likely N-dealkylation sites (N-methyl/N-ethyl adjacent to an activating group) is 1. The van der Waals surface area contributed by atoms with Crippen LogP contribution in [0.2, 0.25) is 0 Å². The standard InChI is InChI=1S/C44H76NO7P/c1-6-8-10-12-14-16-17-18-19-20-21-22-23-24-25-26-27-28-29-30-31-33-35-37-44(46)52-43(41-49-39-36-34-32-15-13-11-9-7-2)42-51-53(47,48)50-40-38-45(3,4)5/h8,10,14,16,18-19,21-22,24-25,27-28,30-31,43H,6-7,9,11-13,15,17,20,23,26,29,32-42H2,1-5H3/p+1/b10-8-,16-14-,19-18-,22-21-,25-24-,28-27-,31-30-. The summed E-state index contributed by atoms with van der Waals surface area (Å²) in [6.07, 6.45) is 47.7. The molecular weight excluding hydrogens is 685 g/mol. The fourth-order valence-corrected chi connectivity index (χ4v) is 5.57. The molecular formula is C44H77NO7P+. The van der Waals surface area contributed by atoms with Gasteiger partial charge in [0.2, 0.25) is 0 Å². The largest absolute Gasteiger partial charge is 0.472 e. The Bertz CT molecular complexity index is 1120. The first-order valence-electron chi connectivity index (χ1n) is 20.3. The number of carbonyl (C=O) groups excluding carboxylic acids is 1. The van der Waals surface area contributed by atoms with E-state index >= 15 is 0 Å². The minimum Gasteiger partial charge on any atom is -0.457 e. The molecule has 0 rings (SSSR count). The highest BCUT2D eigenvalue weighted by molar-refractivity contribution is 7.47. The summed E-state index contributed by atoms with van der Waals surface area (Å²) in [6, 6.07) is 0. The zero-order chi connectivity index (χ0) is 39.1. The smallest absolute Gasteiger partial charge is 0.457 e. The molecule has 1 N–H and O–H groups in total. The molecule has 0 amide bonds. The van der Waals surface area contributed by atoms with Gasteiger partial charge in [-0.25, -0.2) is 4.57 Å². The maximum atomic E-state index is 12.6. The van der Waals surface area contributed by atoms with Crippen LogP contribution in [0.4, 0.5) is 0 Å². The molecule has 0 spiro atoms. The van der Waals surface area contributed by atoms with Gasteiger partial charge in [-0.2, -0.15) is 0 Å². The minimum atomic E-state index is -4.28. The van der Waals surface area contributed by atoms with Crippen LogP contribution in [0.5, 0.6) is 0 Å². The van der Waals surface area contributed by atoms with Gasteiger partial charge in [-0.1, -0.05) is 144 Å². The van der Waals surface area contributed by atoms with Crippen molar-refractivity contribution in [3.05, 3.63) is 85.1 Å². The van der Waals surface area contributed by atoms with E-state index in [2.05, 4.69) is 98.9 Å². The van der Waals surface area contributed by atoms with E-state index in [0.29, 0.717) is 24.1 Å². The Balaban J connectivity index is 4.33. The molecule has 0 heterocycles. The minimum absolute atomic E-state index is 0.0737. The lowest BCUT2D eigenvalue weighted by Gasteiger charge is -2.24. The van der Waals surface area contributed by atoms with Crippen molar-refractivity contribution in [2.75, 3.05) is 54.1 Å². The molecule has 0 aliphatic heterocycles. The zero-order valence-corrected chi connectivity index (χ0v) is 35.1. The van der Waals surface area contributed by atoms with E-state index in [1.807, 2.05) is 21.1 Å². The number of ether oxygens (including phenoxy) is 2. The van der Waals surface area contributed by atoms with Crippen molar-refractivity contribution in [1.82, 2.24) is 0 Å². The summed E-state index contributed by atoms with van der Waals surface area (Å²) in [4.78, 5) is 22.7. The maximum Gasteiger partial charge on any atom is 0.472 e. The molecule has 0 saturated heterocycles.